The molecule has 1 aliphatic rings. The van der Waals surface area contributed by atoms with Crippen LogP contribution < -0.4 is 10.9 Å². The van der Waals surface area contributed by atoms with Crippen LogP contribution in [0.25, 0.3) is 16.6 Å². The Morgan fingerprint density at radius 3 is 2.61 bits per heavy atom. The zero-order valence-electron chi connectivity index (χ0n) is 18.4. The first kappa shape index (κ1) is 21.5. The number of nitrogens with zero attached hydrogens (tertiary/aromatic N) is 2. The Labute approximate surface area is 196 Å². The minimum absolute atomic E-state index is 0.0198. The molecule has 1 amide bonds. The lowest BCUT2D eigenvalue weighted by Gasteiger charge is -2.27. The molecule has 166 valence electrons. The van der Waals surface area contributed by atoms with E-state index < -0.39 is 5.25 Å². The molecule has 4 aromatic rings. The van der Waals surface area contributed by atoms with Crippen LogP contribution in [0.2, 0.25) is 0 Å². The number of nitrogens with one attached hydrogen (secondary N) is 1. The van der Waals surface area contributed by atoms with E-state index in [-0.39, 0.29) is 17.5 Å². The molecule has 6 heteroatoms. The highest BCUT2D eigenvalue weighted by Crippen LogP contribution is 2.31. The van der Waals surface area contributed by atoms with E-state index in [1.165, 1.54) is 22.9 Å². The number of hydrogen-bond acceptors (Lipinski definition) is 4. The molecule has 33 heavy (non-hydrogen) atoms. The molecule has 0 bridgehead atoms. The van der Waals surface area contributed by atoms with E-state index in [1.54, 1.807) is 10.6 Å². The van der Waals surface area contributed by atoms with Crippen molar-refractivity contribution in [2.45, 2.75) is 42.6 Å². The summed E-state index contributed by atoms with van der Waals surface area (Å²) in [6.45, 7) is 1.87. The summed E-state index contributed by atoms with van der Waals surface area (Å²) in [6, 6.07) is 25.1. The second-order valence-corrected chi connectivity index (χ2v) is 9.61. The van der Waals surface area contributed by atoms with Gasteiger partial charge in [-0.1, -0.05) is 66.4 Å². The number of aromatic nitrogens is 2. The molecule has 0 unspecified atom stereocenters. The molecule has 1 N–H and O–H groups in total. The molecule has 0 saturated carbocycles. The topological polar surface area (TPSA) is 64.0 Å². The van der Waals surface area contributed by atoms with Crippen LogP contribution in [0.4, 0.5) is 0 Å². The maximum atomic E-state index is 13.4. The molecule has 2 atom stereocenters. The third kappa shape index (κ3) is 4.31. The van der Waals surface area contributed by atoms with Gasteiger partial charge in [0.2, 0.25) is 5.91 Å². The minimum atomic E-state index is -0.415. The van der Waals surface area contributed by atoms with Crippen molar-refractivity contribution in [2.75, 3.05) is 0 Å². The third-order valence-electron chi connectivity index (χ3n) is 6.10. The summed E-state index contributed by atoms with van der Waals surface area (Å²) in [5.74, 6) is -0.0521. The molecule has 0 radical (unpaired) electrons. The van der Waals surface area contributed by atoms with E-state index in [9.17, 15) is 9.59 Å². The monoisotopic (exact) mass is 455 g/mol. The van der Waals surface area contributed by atoms with Crippen LogP contribution in [-0.4, -0.2) is 20.7 Å². The Balaban J connectivity index is 1.45. The average Bonchev–Trinajstić information content (AvgIpc) is 2.85. The summed E-state index contributed by atoms with van der Waals surface area (Å²) in [7, 11) is 0. The first-order chi connectivity index (χ1) is 16.1. The number of thioether (sulfide) groups is 1. The van der Waals surface area contributed by atoms with E-state index >= 15 is 0 Å². The molecule has 0 spiro atoms. The second kappa shape index (κ2) is 9.24. The van der Waals surface area contributed by atoms with E-state index in [4.69, 9.17) is 4.98 Å². The molecular weight excluding hydrogens is 430 g/mol. The summed E-state index contributed by atoms with van der Waals surface area (Å²) >= 11 is 1.31. The molecule has 1 aliphatic carbocycles. The van der Waals surface area contributed by atoms with Gasteiger partial charge in [-0.15, -0.1) is 0 Å². The van der Waals surface area contributed by atoms with Gasteiger partial charge in [-0.25, -0.2) is 4.98 Å². The van der Waals surface area contributed by atoms with Gasteiger partial charge in [0.15, 0.2) is 5.16 Å². The van der Waals surface area contributed by atoms with Gasteiger partial charge in [-0.05, 0) is 61.6 Å². The zero-order chi connectivity index (χ0) is 22.8. The fraction of sp³-hybridized carbons (Fsp3) is 0.222. The maximum Gasteiger partial charge on any atom is 0.266 e. The number of benzene rings is 3. The summed E-state index contributed by atoms with van der Waals surface area (Å²) in [5, 5.41) is 3.88. The Hall–Kier alpha value is -3.38. The van der Waals surface area contributed by atoms with Crippen LogP contribution in [0, 0.1) is 0 Å². The van der Waals surface area contributed by atoms with Gasteiger partial charge in [0.05, 0.1) is 27.9 Å². The summed E-state index contributed by atoms with van der Waals surface area (Å²) in [6.07, 6.45) is 3.05. The van der Waals surface area contributed by atoms with Crippen LogP contribution >= 0.6 is 11.8 Å². The Morgan fingerprint density at radius 2 is 1.76 bits per heavy atom. The van der Waals surface area contributed by atoms with E-state index in [1.807, 2.05) is 61.5 Å². The van der Waals surface area contributed by atoms with Gasteiger partial charge in [0, 0.05) is 0 Å². The van der Waals surface area contributed by atoms with Crippen LogP contribution in [0.5, 0.6) is 0 Å². The highest BCUT2D eigenvalue weighted by atomic mass is 32.2. The third-order valence-corrected chi connectivity index (χ3v) is 7.15. The molecule has 0 saturated heterocycles. The van der Waals surface area contributed by atoms with Crippen molar-refractivity contribution >= 4 is 28.6 Å². The Bertz CT molecular complexity index is 1370. The highest BCUT2D eigenvalue weighted by molar-refractivity contribution is 8.00. The van der Waals surface area contributed by atoms with Crippen molar-refractivity contribution in [2.24, 2.45) is 0 Å². The van der Waals surface area contributed by atoms with Gasteiger partial charge >= 0.3 is 0 Å². The van der Waals surface area contributed by atoms with Gasteiger partial charge < -0.3 is 5.32 Å². The average molecular weight is 456 g/mol. The van der Waals surface area contributed by atoms with E-state index in [0.717, 1.165) is 24.9 Å². The van der Waals surface area contributed by atoms with Crippen molar-refractivity contribution in [3.8, 4) is 5.69 Å². The smallest absolute Gasteiger partial charge is 0.266 e. The number of aryl methyl sites for hydroxylation is 1. The predicted molar refractivity (Wildman–Crippen MR) is 133 cm³/mol. The number of fused-ring (bicyclic) bond motifs is 2. The molecule has 1 heterocycles. The quantitative estimate of drug-likeness (QED) is 0.337. The van der Waals surface area contributed by atoms with Gasteiger partial charge in [-0.3, -0.25) is 14.2 Å². The van der Waals surface area contributed by atoms with Gasteiger partial charge in [0.25, 0.3) is 5.56 Å². The molecule has 0 aliphatic heterocycles. The van der Waals surface area contributed by atoms with Crippen LogP contribution in [0.3, 0.4) is 0 Å². The maximum absolute atomic E-state index is 13.4. The lowest BCUT2D eigenvalue weighted by atomic mass is 9.88. The molecule has 5 rings (SSSR count). The van der Waals surface area contributed by atoms with Crippen molar-refractivity contribution in [1.82, 2.24) is 14.9 Å². The van der Waals surface area contributed by atoms with E-state index in [2.05, 4.69) is 23.5 Å². The first-order valence-electron chi connectivity index (χ1n) is 11.2. The zero-order valence-corrected chi connectivity index (χ0v) is 19.2. The molecule has 5 nitrogen and oxygen atoms in total. The number of hydrogen-bond donors (Lipinski definition) is 1. The van der Waals surface area contributed by atoms with Crippen molar-refractivity contribution < 1.29 is 4.79 Å². The standard InChI is InChI=1S/C27H25N3O2S/c1-18(25(31)28-23-17-9-11-19-10-5-6-14-21(19)23)33-27-29-24-16-8-7-15-22(24)26(32)30(27)20-12-3-2-4-13-20/h2-8,10,12-16,18,23H,9,11,17H2,1H3,(H,28,31)/t18-,23-/m0/s1. The fourth-order valence-corrected chi connectivity index (χ4v) is 5.34. The summed E-state index contributed by atoms with van der Waals surface area (Å²) in [4.78, 5) is 31.3. The molecule has 1 aromatic heterocycles. The summed E-state index contributed by atoms with van der Waals surface area (Å²) in [5.41, 5.74) is 3.74. The van der Waals surface area contributed by atoms with Gasteiger partial charge in [0.1, 0.15) is 0 Å². The fourth-order valence-electron chi connectivity index (χ4n) is 4.40. The predicted octanol–water partition coefficient (Wildman–Crippen LogP) is 5.06. The molecule has 3 aromatic carbocycles. The number of carbonyl (C=O) groups is 1. The van der Waals surface area contributed by atoms with Crippen LogP contribution in [0.15, 0.2) is 88.8 Å². The van der Waals surface area contributed by atoms with Crippen LogP contribution in [-0.2, 0) is 11.2 Å². The number of para-hydroxylation sites is 2. The SMILES string of the molecule is C[C@H](Sc1nc2ccccc2c(=O)n1-c1ccccc1)C(=O)N[C@H]1CCCc2ccccc21. The number of rotatable bonds is 5. The van der Waals surface area contributed by atoms with E-state index in [0.29, 0.717) is 16.1 Å². The normalized spacial score (nSPS) is 16.2. The lowest BCUT2D eigenvalue weighted by molar-refractivity contribution is -0.121. The number of carbonyl (C=O) groups excluding carboxylic acids is 1. The Kier molecular flexibility index (Phi) is 6.01. The highest BCUT2D eigenvalue weighted by Gasteiger charge is 2.25. The van der Waals surface area contributed by atoms with Crippen LogP contribution in [0.1, 0.15) is 36.9 Å². The van der Waals surface area contributed by atoms with Crippen molar-refractivity contribution in [1.29, 1.82) is 0 Å². The largest absolute Gasteiger partial charge is 0.348 e. The molecular formula is C27H25N3O2S. The van der Waals surface area contributed by atoms with Crippen molar-refractivity contribution in [3.63, 3.8) is 0 Å². The van der Waals surface area contributed by atoms with Crippen molar-refractivity contribution in [3.05, 3.63) is 100 Å². The van der Waals surface area contributed by atoms with Gasteiger partial charge in [-0.2, -0.15) is 0 Å². The first-order valence-corrected chi connectivity index (χ1v) is 12.1. The lowest BCUT2D eigenvalue weighted by Crippen LogP contribution is -2.36. The molecule has 0 fully saturated rings. The second-order valence-electron chi connectivity index (χ2n) is 8.30. The summed E-state index contributed by atoms with van der Waals surface area (Å²) < 4.78 is 1.60. The number of amides is 1. The minimum Gasteiger partial charge on any atom is -0.348 e. The Morgan fingerprint density at radius 1 is 1.03 bits per heavy atom.